The average Bonchev–Trinajstić information content (AvgIpc) is 2.16. The van der Waals surface area contributed by atoms with Crippen molar-refractivity contribution in [3.05, 3.63) is 35.4 Å². The van der Waals surface area contributed by atoms with Crippen molar-refractivity contribution in [3.8, 4) is 0 Å². The van der Waals surface area contributed by atoms with E-state index in [1.807, 2.05) is 0 Å². The maximum Gasteiger partial charge on any atom is 0.179 e. The Morgan fingerprint density at radius 3 is 2.29 bits per heavy atom. The fourth-order valence-electron chi connectivity index (χ4n) is 1.26. The molecule has 0 fully saturated rings. The van der Waals surface area contributed by atoms with E-state index in [1.165, 1.54) is 0 Å². The highest BCUT2D eigenvalue weighted by atomic mass is 16.5. The standard InChI is InChI=1S/C11H14O3/c1-7(2)10(12)8-5-3-4-6-9(8)11(13)14/h3-7,11,13-14H,1-2H3. The van der Waals surface area contributed by atoms with Gasteiger partial charge in [-0.3, -0.25) is 4.79 Å². The fourth-order valence-corrected chi connectivity index (χ4v) is 1.26. The number of rotatable bonds is 3. The number of hydrogen-bond donors (Lipinski definition) is 2. The first-order valence-electron chi connectivity index (χ1n) is 4.53. The van der Waals surface area contributed by atoms with Crippen molar-refractivity contribution in [1.82, 2.24) is 0 Å². The van der Waals surface area contributed by atoms with Crippen molar-refractivity contribution in [2.24, 2.45) is 5.92 Å². The first-order valence-corrected chi connectivity index (χ1v) is 4.53. The van der Waals surface area contributed by atoms with E-state index in [0.717, 1.165) is 0 Å². The van der Waals surface area contributed by atoms with E-state index >= 15 is 0 Å². The highest BCUT2D eigenvalue weighted by Gasteiger charge is 2.17. The summed E-state index contributed by atoms with van der Waals surface area (Å²) in [5, 5.41) is 18.1. The van der Waals surface area contributed by atoms with E-state index < -0.39 is 6.29 Å². The monoisotopic (exact) mass is 194 g/mol. The summed E-state index contributed by atoms with van der Waals surface area (Å²) < 4.78 is 0. The maximum absolute atomic E-state index is 11.6. The Labute approximate surface area is 83.0 Å². The number of hydrogen-bond acceptors (Lipinski definition) is 3. The third kappa shape index (κ3) is 2.19. The normalized spacial score (nSPS) is 11.0. The third-order valence-electron chi connectivity index (χ3n) is 2.03. The van der Waals surface area contributed by atoms with Crippen molar-refractivity contribution in [3.63, 3.8) is 0 Å². The fraction of sp³-hybridized carbons (Fsp3) is 0.364. The Bertz CT molecular complexity index is 329. The summed E-state index contributed by atoms with van der Waals surface area (Å²) in [4.78, 5) is 11.6. The second kappa shape index (κ2) is 4.35. The number of ketones is 1. The molecule has 1 aromatic carbocycles. The molecular weight excluding hydrogens is 180 g/mol. The lowest BCUT2D eigenvalue weighted by atomic mass is 9.96. The molecule has 3 nitrogen and oxygen atoms in total. The lowest BCUT2D eigenvalue weighted by molar-refractivity contribution is -0.0429. The van der Waals surface area contributed by atoms with Crippen molar-refractivity contribution < 1.29 is 15.0 Å². The zero-order chi connectivity index (χ0) is 10.7. The molecule has 14 heavy (non-hydrogen) atoms. The lowest BCUT2D eigenvalue weighted by Crippen LogP contribution is -2.12. The number of carbonyl (C=O) groups is 1. The molecule has 0 spiro atoms. The van der Waals surface area contributed by atoms with Crippen LogP contribution in [-0.2, 0) is 0 Å². The van der Waals surface area contributed by atoms with Crippen LogP contribution in [0.2, 0.25) is 0 Å². The quantitative estimate of drug-likeness (QED) is 0.566. The molecule has 1 rings (SSSR count). The minimum atomic E-state index is -1.59. The second-order valence-electron chi connectivity index (χ2n) is 3.48. The van der Waals surface area contributed by atoms with Gasteiger partial charge in [-0.15, -0.1) is 0 Å². The largest absolute Gasteiger partial charge is 0.364 e. The van der Waals surface area contributed by atoms with Gasteiger partial charge in [0.2, 0.25) is 0 Å². The average molecular weight is 194 g/mol. The summed E-state index contributed by atoms with van der Waals surface area (Å²) in [5.74, 6) is -0.219. The van der Waals surface area contributed by atoms with E-state index in [2.05, 4.69) is 0 Å². The molecule has 0 aliphatic rings. The van der Waals surface area contributed by atoms with E-state index in [0.29, 0.717) is 5.56 Å². The summed E-state index contributed by atoms with van der Waals surface area (Å²) in [6.07, 6.45) is -1.59. The topological polar surface area (TPSA) is 57.5 Å². The number of aliphatic hydroxyl groups is 2. The van der Waals surface area contributed by atoms with Crippen molar-refractivity contribution in [2.75, 3.05) is 0 Å². The van der Waals surface area contributed by atoms with Crippen LogP contribution in [-0.4, -0.2) is 16.0 Å². The minimum Gasteiger partial charge on any atom is -0.364 e. The Morgan fingerprint density at radius 1 is 1.21 bits per heavy atom. The molecule has 1 aromatic rings. The second-order valence-corrected chi connectivity index (χ2v) is 3.48. The number of aliphatic hydroxyl groups excluding tert-OH is 1. The highest BCUT2D eigenvalue weighted by Crippen LogP contribution is 2.18. The first kappa shape index (κ1) is 10.9. The van der Waals surface area contributed by atoms with Crippen LogP contribution >= 0.6 is 0 Å². The summed E-state index contributed by atoms with van der Waals surface area (Å²) in [6, 6.07) is 6.53. The van der Waals surface area contributed by atoms with Crippen LogP contribution in [0.5, 0.6) is 0 Å². The van der Waals surface area contributed by atoms with Crippen LogP contribution in [0.15, 0.2) is 24.3 Å². The number of Topliss-reactive ketones (excluding diaryl/α,β-unsaturated/α-hetero) is 1. The van der Waals surface area contributed by atoms with Gasteiger partial charge in [0.25, 0.3) is 0 Å². The smallest absolute Gasteiger partial charge is 0.179 e. The van der Waals surface area contributed by atoms with Crippen LogP contribution in [0.25, 0.3) is 0 Å². The van der Waals surface area contributed by atoms with E-state index in [4.69, 9.17) is 10.2 Å². The third-order valence-corrected chi connectivity index (χ3v) is 2.03. The van der Waals surface area contributed by atoms with E-state index in [1.54, 1.807) is 38.1 Å². The lowest BCUT2D eigenvalue weighted by Gasteiger charge is -2.11. The van der Waals surface area contributed by atoms with Crippen molar-refractivity contribution in [1.29, 1.82) is 0 Å². The highest BCUT2D eigenvalue weighted by molar-refractivity contribution is 5.98. The molecule has 3 heteroatoms. The minimum absolute atomic E-state index is 0.0753. The van der Waals surface area contributed by atoms with Crippen LogP contribution < -0.4 is 0 Å². The Morgan fingerprint density at radius 2 is 1.79 bits per heavy atom. The summed E-state index contributed by atoms with van der Waals surface area (Å²) in [7, 11) is 0. The molecule has 76 valence electrons. The van der Waals surface area contributed by atoms with Gasteiger partial charge in [-0.2, -0.15) is 0 Å². The number of benzene rings is 1. The van der Waals surface area contributed by atoms with E-state index in [-0.39, 0.29) is 17.3 Å². The van der Waals surface area contributed by atoms with E-state index in [9.17, 15) is 4.79 Å². The Balaban J connectivity index is 3.13. The van der Waals surface area contributed by atoms with Crippen molar-refractivity contribution >= 4 is 5.78 Å². The summed E-state index contributed by atoms with van der Waals surface area (Å²) in [6.45, 7) is 3.56. The summed E-state index contributed by atoms with van der Waals surface area (Å²) in [5.41, 5.74) is 0.656. The molecule has 0 unspecified atom stereocenters. The zero-order valence-corrected chi connectivity index (χ0v) is 8.27. The van der Waals surface area contributed by atoms with Gasteiger partial charge in [0.05, 0.1) is 0 Å². The molecule has 0 bridgehead atoms. The molecule has 0 aliphatic carbocycles. The predicted octanol–water partition coefficient (Wildman–Crippen LogP) is 1.51. The molecule has 0 atom stereocenters. The van der Waals surface area contributed by atoms with Gasteiger partial charge < -0.3 is 10.2 Å². The molecule has 0 aromatic heterocycles. The molecule has 0 saturated carbocycles. The molecule has 0 heterocycles. The predicted molar refractivity (Wildman–Crippen MR) is 52.8 cm³/mol. The van der Waals surface area contributed by atoms with Gasteiger partial charge in [-0.1, -0.05) is 38.1 Å². The van der Waals surface area contributed by atoms with Gasteiger partial charge in [-0.25, -0.2) is 0 Å². The summed E-state index contributed by atoms with van der Waals surface area (Å²) >= 11 is 0. The SMILES string of the molecule is CC(C)C(=O)c1ccccc1C(O)O. The first-order chi connectivity index (χ1) is 6.54. The molecule has 0 amide bonds. The van der Waals surface area contributed by atoms with Crippen LogP contribution in [0.1, 0.15) is 36.1 Å². The molecular formula is C11H14O3. The van der Waals surface area contributed by atoms with Crippen LogP contribution in [0.3, 0.4) is 0 Å². The van der Waals surface area contributed by atoms with Gasteiger partial charge in [-0.05, 0) is 0 Å². The molecule has 0 aliphatic heterocycles. The van der Waals surface area contributed by atoms with Crippen LogP contribution in [0.4, 0.5) is 0 Å². The Kier molecular flexibility index (Phi) is 3.38. The van der Waals surface area contributed by atoms with Gasteiger partial charge >= 0.3 is 0 Å². The van der Waals surface area contributed by atoms with Gasteiger partial charge in [0.1, 0.15) is 0 Å². The molecule has 2 N–H and O–H groups in total. The molecule has 0 saturated heterocycles. The van der Waals surface area contributed by atoms with Crippen LogP contribution in [0, 0.1) is 5.92 Å². The Hall–Kier alpha value is -1.19. The van der Waals surface area contributed by atoms with Gasteiger partial charge in [0, 0.05) is 17.0 Å². The number of carbonyl (C=O) groups excluding carboxylic acids is 1. The molecule has 0 radical (unpaired) electrons. The van der Waals surface area contributed by atoms with Crippen molar-refractivity contribution in [2.45, 2.75) is 20.1 Å². The zero-order valence-electron chi connectivity index (χ0n) is 8.27. The van der Waals surface area contributed by atoms with Gasteiger partial charge in [0.15, 0.2) is 12.1 Å². The maximum atomic E-state index is 11.6.